The van der Waals surface area contributed by atoms with Gasteiger partial charge in [0.15, 0.2) is 0 Å². The molecule has 0 aromatic carbocycles. The Morgan fingerprint density at radius 1 is 1.31 bits per heavy atom. The van der Waals surface area contributed by atoms with Crippen LogP contribution in [0.15, 0.2) is 17.5 Å². The quantitative estimate of drug-likeness (QED) is 0.543. The molecule has 3 aromatic heterocycles. The summed E-state index contributed by atoms with van der Waals surface area (Å²) in [5.74, 6) is -0.489. The minimum Gasteiger partial charge on any atom is -0.397 e. The SMILES string of the molecule is COC1CCCCN1CCCN1Cc2nc3sc(C(N)=O)c(N)c3c(-c3cccs3)c2C1. The summed E-state index contributed by atoms with van der Waals surface area (Å²) >= 11 is 2.99. The Bertz CT molecular complexity index is 1130. The maximum Gasteiger partial charge on any atom is 0.260 e. The van der Waals surface area contributed by atoms with Crippen molar-refractivity contribution in [3.05, 3.63) is 33.6 Å². The number of pyridine rings is 1. The van der Waals surface area contributed by atoms with Gasteiger partial charge < -0.3 is 16.2 Å². The van der Waals surface area contributed by atoms with Gasteiger partial charge in [0.05, 0.1) is 11.4 Å². The third-order valence-corrected chi connectivity index (χ3v) is 8.56. The van der Waals surface area contributed by atoms with E-state index in [1.165, 1.54) is 29.7 Å². The van der Waals surface area contributed by atoms with Gasteiger partial charge in [0, 0.05) is 55.7 Å². The molecule has 0 spiro atoms. The maximum atomic E-state index is 11.9. The molecule has 170 valence electrons. The highest BCUT2D eigenvalue weighted by atomic mass is 32.1. The molecule has 1 unspecified atom stereocenters. The number of carbonyl (C=O) groups is 1. The first-order valence-electron chi connectivity index (χ1n) is 11.1. The number of nitrogens with zero attached hydrogens (tertiary/aromatic N) is 3. The number of anilines is 1. The summed E-state index contributed by atoms with van der Waals surface area (Å²) in [6.07, 6.45) is 5.01. The topological polar surface area (TPSA) is 97.7 Å². The summed E-state index contributed by atoms with van der Waals surface area (Å²) in [5, 5.41) is 2.95. The van der Waals surface area contributed by atoms with E-state index in [-0.39, 0.29) is 6.23 Å². The first kappa shape index (κ1) is 21.8. The number of hydrogen-bond donors (Lipinski definition) is 2. The lowest BCUT2D eigenvalue weighted by molar-refractivity contribution is -0.0563. The summed E-state index contributed by atoms with van der Waals surface area (Å²) in [6.45, 7) is 4.87. The van der Waals surface area contributed by atoms with Gasteiger partial charge in [-0.05, 0) is 42.7 Å². The van der Waals surface area contributed by atoms with Crippen LogP contribution in [0.2, 0.25) is 0 Å². The van der Waals surface area contributed by atoms with Gasteiger partial charge in [0.25, 0.3) is 5.91 Å². The molecular formula is C23H29N5O2S2. The van der Waals surface area contributed by atoms with Crippen LogP contribution < -0.4 is 11.5 Å². The van der Waals surface area contributed by atoms with Gasteiger partial charge in [-0.25, -0.2) is 4.98 Å². The first-order chi connectivity index (χ1) is 15.6. The molecule has 9 heteroatoms. The van der Waals surface area contributed by atoms with Gasteiger partial charge in [-0.1, -0.05) is 6.07 Å². The van der Waals surface area contributed by atoms with Crippen LogP contribution in [0.25, 0.3) is 20.7 Å². The lowest BCUT2D eigenvalue weighted by Gasteiger charge is -2.34. The number of primary amides is 1. The molecule has 1 amide bonds. The number of likely N-dealkylation sites (tertiary alicyclic amines) is 1. The Morgan fingerprint density at radius 2 is 2.19 bits per heavy atom. The molecule has 0 saturated carbocycles. The second-order valence-electron chi connectivity index (χ2n) is 8.56. The number of hydrogen-bond acceptors (Lipinski definition) is 8. The molecule has 1 saturated heterocycles. The van der Waals surface area contributed by atoms with Crippen molar-refractivity contribution in [2.75, 3.05) is 32.5 Å². The zero-order valence-electron chi connectivity index (χ0n) is 18.3. The Hall–Kier alpha value is -2.04. The second-order valence-corrected chi connectivity index (χ2v) is 10.5. The predicted octanol–water partition coefficient (Wildman–Crippen LogP) is 3.87. The van der Waals surface area contributed by atoms with E-state index in [1.807, 2.05) is 13.2 Å². The van der Waals surface area contributed by atoms with Crippen molar-refractivity contribution in [3.8, 4) is 10.4 Å². The Balaban J connectivity index is 1.39. The molecule has 2 aliphatic rings. The van der Waals surface area contributed by atoms with Gasteiger partial charge in [-0.2, -0.15) is 0 Å². The molecule has 5 heterocycles. The third kappa shape index (κ3) is 3.92. The molecule has 1 atom stereocenters. The molecule has 0 aliphatic carbocycles. The molecule has 3 aromatic rings. The van der Waals surface area contributed by atoms with Gasteiger partial charge in [0.1, 0.15) is 15.9 Å². The number of piperidine rings is 1. The normalized spacial score (nSPS) is 19.6. The van der Waals surface area contributed by atoms with Crippen molar-refractivity contribution in [3.63, 3.8) is 0 Å². The van der Waals surface area contributed by atoms with Crippen molar-refractivity contribution in [1.29, 1.82) is 0 Å². The Morgan fingerprint density at radius 3 is 2.94 bits per heavy atom. The van der Waals surface area contributed by atoms with E-state index >= 15 is 0 Å². The summed E-state index contributed by atoms with van der Waals surface area (Å²) in [4.78, 5) is 24.1. The molecule has 7 nitrogen and oxygen atoms in total. The predicted molar refractivity (Wildman–Crippen MR) is 131 cm³/mol. The largest absolute Gasteiger partial charge is 0.397 e. The summed E-state index contributed by atoms with van der Waals surface area (Å²) in [5.41, 5.74) is 15.9. The van der Waals surface area contributed by atoms with Crippen LogP contribution in [-0.2, 0) is 17.8 Å². The van der Waals surface area contributed by atoms with E-state index in [2.05, 4.69) is 21.2 Å². The lowest BCUT2D eigenvalue weighted by Crippen LogP contribution is -2.41. The number of carbonyl (C=O) groups excluding carboxylic acids is 1. The second kappa shape index (κ2) is 9.07. The van der Waals surface area contributed by atoms with E-state index < -0.39 is 5.91 Å². The molecule has 32 heavy (non-hydrogen) atoms. The molecule has 1 fully saturated rings. The number of amides is 1. The number of ether oxygens (including phenoxy) is 1. The summed E-state index contributed by atoms with van der Waals surface area (Å²) < 4.78 is 5.67. The van der Waals surface area contributed by atoms with E-state index in [0.717, 1.165) is 71.9 Å². The van der Waals surface area contributed by atoms with E-state index in [0.29, 0.717) is 10.6 Å². The number of thiophene rings is 2. The Kier molecular flexibility index (Phi) is 6.18. The fourth-order valence-corrected chi connectivity index (χ4v) is 6.82. The average Bonchev–Trinajstić information content (AvgIpc) is 3.52. The van der Waals surface area contributed by atoms with Crippen LogP contribution in [0.3, 0.4) is 0 Å². The number of nitrogen functional groups attached to an aromatic ring is 1. The standard InChI is InChI=1S/C23H29N5O2S2/c1-30-17-7-2-3-9-28(17)10-5-8-27-12-14-15(13-27)26-23-19(18(14)16-6-4-11-31-16)20(24)21(32-23)22(25)29/h4,6,11,17H,2-3,5,7-10,12-13,24H2,1H3,(H2,25,29). The highest BCUT2D eigenvalue weighted by Gasteiger charge is 2.29. The van der Waals surface area contributed by atoms with Crippen molar-refractivity contribution in [2.45, 2.75) is 45.0 Å². The van der Waals surface area contributed by atoms with Crippen molar-refractivity contribution in [1.82, 2.24) is 14.8 Å². The zero-order chi connectivity index (χ0) is 22.2. The average molecular weight is 472 g/mol. The monoisotopic (exact) mass is 471 g/mol. The minimum absolute atomic E-state index is 0.265. The van der Waals surface area contributed by atoms with Crippen LogP contribution in [-0.4, -0.2) is 53.7 Å². The summed E-state index contributed by atoms with van der Waals surface area (Å²) in [6, 6.07) is 4.17. The van der Waals surface area contributed by atoms with Crippen molar-refractivity contribution >= 4 is 44.5 Å². The van der Waals surface area contributed by atoms with E-state index in [9.17, 15) is 4.79 Å². The van der Waals surface area contributed by atoms with Crippen LogP contribution in [0.5, 0.6) is 0 Å². The molecule has 0 bridgehead atoms. The highest BCUT2D eigenvalue weighted by Crippen LogP contribution is 2.45. The minimum atomic E-state index is -0.489. The summed E-state index contributed by atoms with van der Waals surface area (Å²) in [7, 11) is 1.82. The number of nitrogens with two attached hydrogens (primary N) is 2. The van der Waals surface area contributed by atoms with Gasteiger partial charge in [-0.15, -0.1) is 22.7 Å². The fourth-order valence-electron chi connectivity index (χ4n) is 5.04. The van der Waals surface area contributed by atoms with E-state index in [4.69, 9.17) is 21.2 Å². The lowest BCUT2D eigenvalue weighted by atomic mass is 10.0. The first-order valence-corrected chi connectivity index (χ1v) is 12.8. The molecule has 4 N–H and O–H groups in total. The van der Waals surface area contributed by atoms with Crippen LogP contribution >= 0.6 is 22.7 Å². The Labute approximate surface area is 196 Å². The van der Waals surface area contributed by atoms with Crippen LogP contribution in [0.1, 0.15) is 46.6 Å². The number of aromatic nitrogens is 1. The van der Waals surface area contributed by atoms with Crippen molar-refractivity contribution < 1.29 is 9.53 Å². The zero-order valence-corrected chi connectivity index (χ0v) is 19.9. The third-order valence-electron chi connectivity index (χ3n) is 6.56. The number of methoxy groups -OCH3 is 1. The van der Waals surface area contributed by atoms with Gasteiger partial charge in [-0.3, -0.25) is 14.6 Å². The number of rotatable bonds is 7. The fraction of sp³-hybridized carbons (Fsp3) is 0.478. The smallest absolute Gasteiger partial charge is 0.260 e. The van der Waals surface area contributed by atoms with E-state index in [1.54, 1.807) is 11.3 Å². The molecular weight excluding hydrogens is 442 g/mol. The van der Waals surface area contributed by atoms with Gasteiger partial charge >= 0.3 is 0 Å². The molecule has 0 radical (unpaired) electrons. The van der Waals surface area contributed by atoms with Crippen LogP contribution in [0.4, 0.5) is 5.69 Å². The molecule has 5 rings (SSSR count). The highest BCUT2D eigenvalue weighted by molar-refractivity contribution is 7.21. The van der Waals surface area contributed by atoms with Gasteiger partial charge in [0.2, 0.25) is 0 Å². The maximum absolute atomic E-state index is 11.9. The molecule has 2 aliphatic heterocycles. The van der Waals surface area contributed by atoms with Crippen LogP contribution in [0, 0.1) is 0 Å². The number of fused-ring (bicyclic) bond motifs is 2. The van der Waals surface area contributed by atoms with Crippen molar-refractivity contribution in [2.24, 2.45) is 5.73 Å².